The van der Waals surface area contributed by atoms with Crippen LogP contribution >= 0.6 is 27.5 Å². The van der Waals surface area contributed by atoms with Gasteiger partial charge in [-0.2, -0.15) is 0 Å². The predicted octanol–water partition coefficient (Wildman–Crippen LogP) is 4.40. The third kappa shape index (κ3) is 2.94. The number of halogens is 3. The Labute approximate surface area is 118 Å². The lowest BCUT2D eigenvalue weighted by Crippen LogP contribution is -1.98. The van der Waals surface area contributed by atoms with Crippen LogP contribution in [0.15, 0.2) is 40.9 Å². The second-order valence-corrected chi connectivity index (χ2v) is 4.92. The molecule has 2 aromatic rings. The van der Waals surface area contributed by atoms with Crippen LogP contribution < -0.4 is 10.5 Å². The Hall–Kier alpha value is -1.26. The first-order valence-electron chi connectivity index (χ1n) is 5.18. The average Bonchev–Trinajstić information content (AvgIpc) is 2.35. The van der Waals surface area contributed by atoms with Crippen LogP contribution in [0.5, 0.6) is 5.75 Å². The number of ether oxygens (including phenoxy) is 1. The highest BCUT2D eigenvalue weighted by molar-refractivity contribution is 9.10. The van der Waals surface area contributed by atoms with Crippen molar-refractivity contribution >= 4 is 33.2 Å². The molecule has 2 rings (SSSR count). The molecule has 0 aliphatic carbocycles. The van der Waals surface area contributed by atoms with Crippen molar-refractivity contribution in [3.05, 3.63) is 57.3 Å². The van der Waals surface area contributed by atoms with E-state index in [1.54, 1.807) is 30.3 Å². The molecule has 0 saturated carbocycles. The zero-order valence-corrected chi connectivity index (χ0v) is 11.6. The van der Waals surface area contributed by atoms with Crippen molar-refractivity contribution in [1.29, 1.82) is 0 Å². The monoisotopic (exact) mass is 329 g/mol. The number of nitrogen functional groups attached to an aromatic ring is 1. The fourth-order valence-electron chi connectivity index (χ4n) is 1.45. The summed E-state index contributed by atoms with van der Waals surface area (Å²) < 4.78 is 19.6. The molecule has 0 spiro atoms. The Kier molecular flexibility index (Phi) is 4.09. The number of anilines is 1. The van der Waals surface area contributed by atoms with Gasteiger partial charge in [0.1, 0.15) is 18.2 Å². The van der Waals surface area contributed by atoms with Gasteiger partial charge in [-0.1, -0.05) is 23.7 Å². The average molecular weight is 331 g/mol. The highest BCUT2D eigenvalue weighted by Gasteiger charge is 2.07. The molecular weight excluding hydrogens is 321 g/mol. The third-order valence-electron chi connectivity index (χ3n) is 2.37. The van der Waals surface area contributed by atoms with Crippen molar-refractivity contribution in [3.63, 3.8) is 0 Å². The van der Waals surface area contributed by atoms with Gasteiger partial charge in [0, 0.05) is 17.3 Å². The van der Waals surface area contributed by atoms with E-state index in [1.165, 1.54) is 6.07 Å². The van der Waals surface area contributed by atoms with E-state index < -0.39 is 5.82 Å². The first-order valence-corrected chi connectivity index (χ1v) is 6.35. The van der Waals surface area contributed by atoms with Crippen molar-refractivity contribution < 1.29 is 9.13 Å². The van der Waals surface area contributed by atoms with Gasteiger partial charge < -0.3 is 10.5 Å². The molecule has 0 heterocycles. The van der Waals surface area contributed by atoms with E-state index in [0.717, 1.165) is 4.47 Å². The van der Waals surface area contributed by atoms with Gasteiger partial charge in [0.05, 0.1) is 9.50 Å². The molecule has 5 heteroatoms. The normalized spacial score (nSPS) is 10.4. The maximum atomic E-state index is 13.2. The fraction of sp³-hybridized carbons (Fsp3) is 0.0769. The van der Waals surface area contributed by atoms with E-state index in [9.17, 15) is 4.39 Å². The van der Waals surface area contributed by atoms with Crippen LogP contribution in [0.2, 0.25) is 5.02 Å². The van der Waals surface area contributed by atoms with E-state index in [0.29, 0.717) is 17.0 Å². The van der Waals surface area contributed by atoms with Gasteiger partial charge in [-0.05, 0) is 34.1 Å². The Morgan fingerprint density at radius 2 is 2.06 bits per heavy atom. The minimum atomic E-state index is -0.454. The second-order valence-electron chi connectivity index (χ2n) is 3.69. The molecular formula is C13H10BrClFNO. The molecule has 0 bridgehead atoms. The number of hydrogen-bond acceptors (Lipinski definition) is 2. The minimum Gasteiger partial charge on any atom is -0.488 e. The molecule has 0 aliphatic rings. The van der Waals surface area contributed by atoms with Gasteiger partial charge in [0.2, 0.25) is 0 Å². The standard InChI is InChI=1S/C13H10BrClFNO/c14-10-5-4-9(17)6-12(10)18-7-8-2-1-3-11(16)13(8)15/h1-6H,7,17H2. The van der Waals surface area contributed by atoms with E-state index in [1.807, 2.05) is 0 Å². The van der Waals surface area contributed by atoms with Gasteiger partial charge in [-0.15, -0.1) is 0 Å². The van der Waals surface area contributed by atoms with Crippen LogP contribution in [0.25, 0.3) is 0 Å². The Bertz CT molecular complexity index is 575. The largest absolute Gasteiger partial charge is 0.488 e. The first kappa shape index (κ1) is 13.2. The molecule has 18 heavy (non-hydrogen) atoms. The topological polar surface area (TPSA) is 35.2 Å². The quantitative estimate of drug-likeness (QED) is 0.846. The van der Waals surface area contributed by atoms with Crippen LogP contribution in [-0.4, -0.2) is 0 Å². The first-order chi connectivity index (χ1) is 8.58. The van der Waals surface area contributed by atoms with E-state index >= 15 is 0 Å². The highest BCUT2D eigenvalue weighted by atomic mass is 79.9. The van der Waals surface area contributed by atoms with Crippen molar-refractivity contribution in [1.82, 2.24) is 0 Å². The minimum absolute atomic E-state index is 0.0810. The number of rotatable bonds is 3. The summed E-state index contributed by atoms with van der Waals surface area (Å²) in [7, 11) is 0. The highest BCUT2D eigenvalue weighted by Crippen LogP contribution is 2.29. The summed E-state index contributed by atoms with van der Waals surface area (Å²) in [6.07, 6.45) is 0. The van der Waals surface area contributed by atoms with Crippen molar-refractivity contribution in [2.75, 3.05) is 5.73 Å². The summed E-state index contributed by atoms with van der Waals surface area (Å²) in [6.45, 7) is 0.179. The van der Waals surface area contributed by atoms with E-state index in [2.05, 4.69) is 15.9 Å². The van der Waals surface area contributed by atoms with Gasteiger partial charge in [-0.3, -0.25) is 0 Å². The van der Waals surface area contributed by atoms with Crippen molar-refractivity contribution in [2.45, 2.75) is 6.61 Å². The van der Waals surface area contributed by atoms with Gasteiger partial charge in [0.15, 0.2) is 0 Å². The van der Waals surface area contributed by atoms with Crippen LogP contribution in [0, 0.1) is 5.82 Å². The maximum Gasteiger partial charge on any atom is 0.142 e. The number of hydrogen-bond donors (Lipinski definition) is 1. The van der Waals surface area contributed by atoms with Gasteiger partial charge >= 0.3 is 0 Å². The zero-order chi connectivity index (χ0) is 13.1. The van der Waals surface area contributed by atoms with E-state index in [4.69, 9.17) is 22.1 Å². The van der Waals surface area contributed by atoms with E-state index in [-0.39, 0.29) is 11.6 Å². The zero-order valence-electron chi connectivity index (χ0n) is 9.29. The lowest BCUT2D eigenvalue weighted by Gasteiger charge is -2.10. The van der Waals surface area contributed by atoms with Gasteiger partial charge in [0.25, 0.3) is 0 Å². The molecule has 0 aromatic heterocycles. The number of benzene rings is 2. The fourth-order valence-corrected chi connectivity index (χ4v) is 1.99. The molecule has 2 aromatic carbocycles. The summed E-state index contributed by atoms with van der Waals surface area (Å²) in [4.78, 5) is 0. The number of nitrogens with two attached hydrogens (primary N) is 1. The Balaban J connectivity index is 2.16. The smallest absolute Gasteiger partial charge is 0.142 e. The predicted molar refractivity (Wildman–Crippen MR) is 74.3 cm³/mol. The van der Waals surface area contributed by atoms with Crippen LogP contribution in [0.3, 0.4) is 0 Å². The summed E-state index contributed by atoms with van der Waals surface area (Å²) in [5.74, 6) is 0.139. The molecule has 0 saturated heterocycles. The van der Waals surface area contributed by atoms with Crippen LogP contribution in [0.1, 0.15) is 5.56 Å². The summed E-state index contributed by atoms with van der Waals surface area (Å²) >= 11 is 9.19. The lowest BCUT2D eigenvalue weighted by atomic mass is 10.2. The molecule has 0 aliphatic heterocycles. The summed E-state index contributed by atoms with van der Waals surface area (Å²) in [6, 6.07) is 9.85. The molecule has 0 unspecified atom stereocenters. The lowest BCUT2D eigenvalue weighted by molar-refractivity contribution is 0.304. The summed E-state index contributed by atoms with van der Waals surface area (Å²) in [5.41, 5.74) is 6.85. The second kappa shape index (κ2) is 5.59. The molecule has 0 atom stereocenters. The van der Waals surface area contributed by atoms with Gasteiger partial charge in [-0.25, -0.2) is 4.39 Å². The van der Waals surface area contributed by atoms with Crippen molar-refractivity contribution in [3.8, 4) is 5.75 Å². The molecule has 0 radical (unpaired) electrons. The van der Waals surface area contributed by atoms with Crippen molar-refractivity contribution in [2.24, 2.45) is 0 Å². The molecule has 2 nitrogen and oxygen atoms in total. The third-order valence-corrected chi connectivity index (χ3v) is 3.45. The molecule has 2 N–H and O–H groups in total. The Morgan fingerprint density at radius 1 is 1.28 bits per heavy atom. The molecule has 0 fully saturated rings. The summed E-state index contributed by atoms with van der Waals surface area (Å²) in [5, 5.41) is 0.0810. The van der Waals surface area contributed by atoms with Crippen LogP contribution in [0.4, 0.5) is 10.1 Å². The van der Waals surface area contributed by atoms with Crippen LogP contribution in [-0.2, 0) is 6.61 Å². The molecule has 94 valence electrons. The Morgan fingerprint density at radius 3 is 2.83 bits per heavy atom. The SMILES string of the molecule is Nc1ccc(Br)c(OCc2cccc(F)c2Cl)c1. The molecule has 0 amide bonds. The maximum absolute atomic E-state index is 13.2.